The van der Waals surface area contributed by atoms with Crippen LogP contribution in [0.15, 0.2) is 30.9 Å². The minimum Gasteiger partial charge on any atom is -0.476 e. The fraction of sp³-hybridized carbons (Fsp3) is 0.143. The molecule has 0 amide bonds. The zero-order valence-electron chi connectivity index (χ0n) is 12.2. The van der Waals surface area contributed by atoms with Crippen molar-refractivity contribution in [2.45, 2.75) is 12.9 Å². The Labute approximate surface area is 137 Å². The molecule has 0 fully saturated rings. The lowest BCUT2D eigenvalue weighted by atomic mass is 10.1. The van der Waals surface area contributed by atoms with Gasteiger partial charge in [0.25, 0.3) is 0 Å². The van der Waals surface area contributed by atoms with E-state index in [1.165, 1.54) is 34.0 Å². The molecule has 3 aromatic rings. The highest BCUT2D eigenvalue weighted by molar-refractivity contribution is 5.87. The van der Waals surface area contributed by atoms with Crippen LogP contribution in [-0.4, -0.2) is 41.8 Å². The van der Waals surface area contributed by atoms with Crippen LogP contribution < -0.4 is 4.74 Å². The van der Waals surface area contributed by atoms with Gasteiger partial charge >= 0.3 is 12.3 Å². The second-order valence-electron chi connectivity index (χ2n) is 5.18. The number of aromatic carboxylic acids is 1. The Balaban J connectivity index is 1.94. The van der Waals surface area contributed by atoms with Crippen molar-refractivity contribution in [2.24, 2.45) is 0 Å². The van der Waals surface area contributed by atoms with E-state index in [1.807, 2.05) is 0 Å². The van der Waals surface area contributed by atoms with Crippen molar-refractivity contribution >= 4 is 5.97 Å². The first-order valence-corrected chi connectivity index (χ1v) is 6.91. The van der Waals surface area contributed by atoms with E-state index in [-0.39, 0.29) is 12.2 Å². The normalized spacial score (nSPS) is 12.8. The van der Waals surface area contributed by atoms with Crippen molar-refractivity contribution < 1.29 is 27.8 Å². The third-order valence-corrected chi connectivity index (χ3v) is 3.69. The van der Waals surface area contributed by atoms with Gasteiger partial charge in [0.1, 0.15) is 18.4 Å². The van der Waals surface area contributed by atoms with E-state index in [0.29, 0.717) is 22.8 Å². The van der Waals surface area contributed by atoms with Crippen LogP contribution in [0.25, 0.3) is 17.1 Å². The first kappa shape index (κ1) is 15.2. The molecular formula is C14H8F3N5O3. The van der Waals surface area contributed by atoms with E-state index in [9.17, 15) is 23.1 Å². The molecule has 128 valence electrons. The smallest absolute Gasteiger partial charge is 0.476 e. The number of carboxylic acids is 1. The van der Waals surface area contributed by atoms with Gasteiger partial charge in [0.2, 0.25) is 0 Å². The number of ether oxygens (including phenoxy) is 1. The van der Waals surface area contributed by atoms with Crippen LogP contribution in [0.3, 0.4) is 0 Å². The second-order valence-corrected chi connectivity index (χ2v) is 5.18. The molecule has 0 spiro atoms. The molecule has 8 nitrogen and oxygen atoms in total. The van der Waals surface area contributed by atoms with Crippen molar-refractivity contribution in [3.05, 3.63) is 42.2 Å². The Morgan fingerprint density at radius 3 is 2.80 bits per heavy atom. The minimum atomic E-state index is -4.83. The molecule has 1 N–H and O–H groups in total. The van der Waals surface area contributed by atoms with E-state index in [1.54, 1.807) is 0 Å². The van der Waals surface area contributed by atoms with E-state index in [0.717, 1.165) is 6.07 Å². The molecule has 3 heterocycles. The maximum atomic E-state index is 12.5. The molecule has 11 heteroatoms. The zero-order valence-corrected chi connectivity index (χ0v) is 12.2. The molecule has 0 saturated carbocycles. The maximum Gasteiger partial charge on any atom is 0.573 e. The van der Waals surface area contributed by atoms with Gasteiger partial charge in [-0.2, -0.15) is 5.10 Å². The van der Waals surface area contributed by atoms with Crippen LogP contribution >= 0.6 is 0 Å². The molecule has 2 aromatic heterocycles. The van der Waals surface area contributed by atoms with Gasteiger partial charge in [-0.05, 0) is 18.2 Å². The lowest BCUT2D eigenvalue weighted by Gasteiger charge is -2.12. The van der Waals surface area contributed by atoms with Crippen LogP contribution in [0.5, 0.6) is 5.75 Å². The van der Waals surface area contributed by atoms with Crippen LogP contribution in [-0.2, 0) is 6.54 Å². The van der Waals surface area contributed by atoms with E-state index in [2.05, 4.69) is 19.8 Å². The molecule has 4 rings (SSSR count). The lowest BCUT2D eigenvalue weighted by Crippen LogP contribution is -2.17. The summed E-state index contributed by atoms with van der Waals surface area (Å²) in [5.41, 5.74) is 0.913. The van der Waals surface area contributed by atoms with Crippen LogP contribution in [0.2, 0.25) is 0 Å². The number of hydrogen-bond donors (Lipinski definition) is 1. The fourth-order valence-electron chi connectivity index (χ4n) is 2.74. The summed E-state index contributed by atoms with van der Waals surface area (Å²) in [5, 5.41) is 13.3. The molecule has 1 aliphatic heterocycles. The van der Waals surface area contributed by atoms with E-state index >= 15 is 0 Å². The maximum absolute atomic E-state index is 12.5. The molecule has 1 aromatic carbocycles. The number of carbonyl (C=O) groups is 1. The third kappa shape index (κ3) is 2.49. The Morgan fingerprint density at radius 1 is 1.28 bits per heavy atom. The predicted molar refractivity (Wildman–Crippen MR) is 75.3 cm³/mol. The largest absolute Gasteiger partial charge is 0.573 e. The van der Waals surface area contributed by atoms with Gasteiger partial charge in [-0.25, -0.2) is 19.4 Å². The first-order chi connectivity index (χ1) is 11.8. The first-order valence-electron chi connectivity index (χ1n) is 6.91. The molecular weight excluding hydrogens is 343 g/mol. The average molecular weight is 351 g/mol. The van der Waals surface area contributed by atoms with Gasteiger partial charge in [-0.1, -0.05) is 0 Å². The van der Waals surface area contributed by atoms with Gasteiger partial charge in [0, 0.05) is 5.56 Å². The third-order valence-electron chi connectivity index (χ3n) is 3.69. The quantitative estimate of drug-likeness (QED) is 0.594. The molecule has 0 aliphatic carbocycles. The topological polar surface area (TPSA) is 95.1 Å². The van der Waals surface area contributed by atoms with Gasteiger partial charge in [-0.3, -0.25) is 4.57 Å². The zero-order chi connectivity index (χ0) is 17.8. The van der Waals surface area contributed by atoms with Crippen molar-refractivity contribution in [1.29, 1.82) is 0 Å². The second kappa shape index (κ2) is 5.06. The lowest BCUT2D eigenvalue weighted by molar-refractivity contribution is -0.274. The average Bonchev–Trinajstić information content (AvgIpc) is 3.11. The fourth-order valence-corrected chi connectivity index (χ4v) is 2.74. The number of nitrogens with zero attached hydrogens (tertiary/aromatic N) is 5. The van der Waals surface area contributed by atoms with Gasteiger partial charge < -0.3 is 9.84 Å². The SMILES string of the molecule is O=C(O)c1ncn2c1Cn1ncnc1-c1cc(OC(F)(F)F)ccc1-2. The number of fused-ring (bicyclic) bond motifs is 5. The molecule has 0 saturated heterocycles. The number of rotatable bonds is 2. The number of aromatic nitrogens is 5. The Hall–Kier alpha value is -3.37. The molecule has 25 heavy (non-hydrogen) atoms. The van der Waals surface area contributed by atoms with Crippen molar-refractivity contribution in [3.63, 3.8) is 0 Å². The summed E-state index contributed by atoms with van der Waals surface area (Å²) in [7, 11) is 0. The highest BCUT2D eigenvalue weighted by Gasteiger charge is 2.32. The Bertz CT molecular complexity index is 992. The number of benzene rings is 1. The minimum absolute atomic E-state index is 0.0567. The van der Waals surface area contributed by atoms with E-state index < -0.39 is 18.1 Å². The monoisotopic (exact) mass is 351 g/mol. The van der Waals surface area contributed by atoms with Crippen LogP contribution in [0.1, 0.15) is 16.2 Å². The number of halogens is 3. The summed E-state index contributed by atoms with van der Waals surface area (Å²) in [6.07, 6.45) is -2.29. The van der Waals surface area contributed by atoms with Crippen molar-refractivity contribution in [2.75, 3.05) is 0 Å². The summed E-state index contributed by atoms with van der Waals surface area (Å²) >= 11 is 0. The van der Waals surface area contributed by atoms with E-state index in [4.69, 9.17) is 0 Å². The highest BCUT2D eigenvalue weighted by Crippen LogP contribution is 2.35. The predicted octanol–water partition coefficient (Wildman–Crippen LogP) is 2.09. The van der Waals surface area contributed by atoms with Gasteiger partial charge in [0.05, 0.1) is 17.9 Å². The Morgan fingerprint density at radius 2 is 2.08 bits per heavy atom. The van der Waals surface area contributed by atoms with Crippen LogP contribution in [0, 0.1) is 0 Å². The number of alkyl halides is 3. The molecule has 0 bridgehead atoms. The van der Waals surface area contributed by atoms with Crippen molar-refractivity contribution in [1.82, 2.24) is 24.3 Å². The highest BCUT2D eigenvalue weighted by atomic mass is 19.4. The standard InChI is InChI=1S/C14H8F3N5O3/c15-14(16,17)25-7-1-2-9-8(3-7)12-18-5-20-22(12)4-10-11(13(23)24)19-6-21(9)10/h1-3,5-6H,4H2,(H,23,24). The summed E-state index contributed by atoms with van der Waals surface area (Å²) in [6.45, 7) is 0.0567. The van der Waals surface area contributed by atoms with Crippen molar-refractivity contribution in [3.8, 4) is 22.8 Å². The Kier molecular flexibility index (Phi) is 3.07. The molecule has 1 aliphatic rings. The van der Waals surface area contributed by atoms with Gasteiger partial charge in [-0.15, -0.1) is 13.2 Å². The van der Waals surface area contributed by atoms with Gasteiger partial charge in [0.15, 0.2) is 11.5 Å². The summed E-state index contributed by atoms with van der Waals surface area (Å²) < 4.78 is 44.3. The summed E-state index contributed by atoms with van der Waals surface area (Å²) in [5.74, 6) is -1.33. The van der Waals surface area contributed by atoms with Crippen LogP contribution in [0.4, 0.5) is 13.2 Å². The summed E-state index contributed by atoms with van der Waals surface area (Å²) in [6, 6.07) is 3.71. The molecule has 0 atom stereocenters. The summed E-state index contributed by atoms with van der Waals surface area (Å²) in [4.78, 5) is 19.3. The number of hydrogen-bond acceptors (Lipinski definition) is 5. The molecule has 0 unspecified atom stereocenters. The molecule has 0 radical (unpaired) electrons. The number of carboxylic acid groups (broad SMARTS) is 1. The number of imidazole rings is 1.